The minimum atomic E-state index is -0.512. The molecule has 7 heteroatoms. The summed E-state index contributed by atoms with van der Waals surface area (Å²) in [5.41, 5.74) is 1.26. The van der Waals surface area contributed by atoms with E-state index in [0.29, 0.717) is 31.9 Å². The van der Waals surface area contributed by atoms with E-state index in [0.717, 1.165) is 5.56 Å². The fourth-order valence-electron chi connectivity index (χ4n) is 3.55. The summed E-state index contributed by atoms with van der Waals surface area (Å²) in [6.45, 7) is 6.29. The summed E-state index contributed by atoms with van der Waals surface area (Å²) >= 11 is 0. The second kappa shape index (κ2) is 11.3. The molecule has 0 aliphatic carbocycles. The molecule has 1 N–H and O–H groups in total. The van der Waals surface area contributed by atoms with Gasteiger partial charge < -0.3 is 19.9 Å². The van der Waals surface area contributed by atoms with Crippen LogP contribution in [-0.4, -0.2) is 61.1 Å². The number of ether oxygens (including phenoxy) is 1. The summed E-state index contributed by atoms with van der Waals surface area (Å²) in [6, 6.07) is 15.4. The Hall–Kier alpha value is -3.19. The average Bonchev–Trinajstić information content (AvgIpc) is 2.81. The highest BCUT2D eigenvalue weighted by molar-refractivity contribution is 5.85. The number of carbonyl (C=O) groups is 2. The quantitative estimate of drug-likeness (QED) is 0.661. The fourth-order valence-corrected chi connectivity index (χ4v) is 3.55. The van der Waals surface area contributed by atoms with Gasteiger partial charge in [0, 0.05) is 31.7 Å². The number of halogens is 1. The Bertz CT molecular complexity index is 885. The number of hydrogen-bond donors (Lipinski definition) is 1. The van der Waals surface area contributed by atoms with Crippen LogP contribution in [0.4, 0.5) is 9.18 Å². The smallest absolute Gasteiger partial charge is 0.318 e. The van der Waals surface area contributed by atoms with Crippen LogP contribution < -0.4 is 5.32 Å². The van der Waals surface area contributed by atoms with Gasteiger partial charge in [0.1, 0.15) is 5.82 Å². The minimum absolute atomic E-state index is 0.0424. The van der Waals surface area contributed by atoms with Gasteiger partial charge >= 0.3 is 6.03 Å². The number of benzene rings is 2. The molecule has 2 aromatic rings. The molecule has 1 saturated heterocycles. The first-order valence-corrected chi connectivity index (χ1v) is 10.4. The standard InChI is InChI=1S/C24H28FN3O3/c1-2-12-28(18-20-10-6-7-11-22(20)25)24(30)26-17-21(19-8-4-3-5-9-19)23(29)27-13-15-31-16-14-27/h2-11,21H,1,12-18H2,(H,26,30). The number of hydrogen-bond acceptors (Lipinski definition) is 3. The Kier molecular flexibility index (Phi) is 8.18. The number of rotatable bonds is 8. The number of nitrogens with zero attached hydrogens (tertiary/aromatic N) is 2. The van der Waals surface area contributed by atoms with Gasteiger partial charge in [-0.15, -0.1) is 6.58 Å². The van der Waals surface area contributed by atoms with E-state index in [-0.39, 0.29) is 37.4 Å². The highest BCUT2D eigenvalue weighted by Crippen LogP contribution is 2.19. The van der Waals surface area contributed by atoms with E-state index in [1.54, 1.807) is 29.2 Å². The minimum Gasteiger partial charge on any atom is -0.378 e. The topological polar surface area (TPSA) is 61.9 Å². The third-order valence-electron chi connectivity index (χ3n) is 5.24. The molecule has 0 radical (unpaired) electrons. The van der Waals surface area contributed by atoms with Crippen molar-refractivity contribution in [3.8, 4) is 0 Å². The molecular weight excluding hydrogens is 397 g/mol. The zero-order valence-corrected chi connectivity index (χ0v) is 17.5. The predicted octanol–water partition coefficient (Wildman–Crippen LogP) is 3.17. The van der Waals surface area contributed by atoms with Gasteiger partial charge in [-0.1, -0.05) is 54.6 Å². The van der Waals surface area contributed by atoms with Gasteiger partial charge in [0.15, 0.2) is 0 Å². The van der Waals surface area contributed by atoms with Crippen molar-refractivity contribution in [2.75, 3.05) is 39.4 Å². The highest BCUT2D eigenvalue weighted by Gasteiger charge is 2.28. The molecule has 1 fully saturated rings. The maximum atomic E-state index is 14.1. The van der Waals surface area contributed by atoms with Crippen LogP contribution in [0.15, 0.2) is 67.3 Å². The first kappa shape index (κ1) is 22.5. The Labute approximate surface area is 182 Å². The number of morpholine rings is 1. The molecule has 1 heterocycles. The summed E-state index contributed by atoms with van der Waals surface area (Å²) < 4.78 is 19.4. The monoisotopic (exact) mass is 425 g/mol. The Morgan fingerprint density at radius 3 is 2.48 bits per heavy atom. The molecule has 6 nitrogen and oxygen atoms in total. The Morgan fingerprint density at radius 1 is 1.13 bits per heavy atom. The summed E-state index contributed by atoms with van der Waals surface area (Å²) in [7, 11) is 0. The maximum absolute atomic E-state index is 14.1. The van der Waals surface area contributed by atoms with Gasteiger partial charge in [-0.2, -0.15) is 0 Å². The Morgan fingerprint density at radius 2 is 1.81 bits per heavy atom. The van der Waals surface area contributed by atoms with Crippen molar-refractivity contribution in [1.82, 2.24) is 15.1 Å². The molecule has 1 unspecified atom stereocenters. The van der Waals surface area contributed by atoms with E-state index in [9.17, 15) is 14.0 Å². The van der Waals surface area contributed by atoms with E-state index in [2.05, 4.69) is 11.9 Å². The summed E-state index contributed by atoms with van der Waals surface area (Å²) in [5, 5.41) is 2.86. The molecule has 0 aromatic heterocycles. The van der Waals surface area contributed by atoms with Gasteiger partial charge in [-0.05, 0) is 11.6 Å². The van der Waals surface area contributed by atoms with Crippen molar-refractivity contribution < 1.29 is 18.7 Å². The van der Waals surface area contributed by atoms with Crippen LogP contribution in [0.3, 0.4) is 0 Å². The van der Waals surface area contributed by atoms with Crippen LogP contribution in [0, 0.1) is 5.82 Å². The normalized spacial score (nSPS) is 14.5. The molecule has 1 aliphatic heterocycles. The van der Waals surface area contributed by atoms with Crippen LogP contribution in [0.1, 0.15) is 17.0 Å². The second-order valence-corrected chi connectivity index (χ2v) is 7.35. The molecule has 0 saturated carbocycles. The zero-order valence-electron chi connectivity index (χ0n) is 17.5. The molecule has 0 spiro atoms. The summed E-state index contributed by atoms with van der Waals surface area (Å²) in [5.74, 6) is -0.921. The zero-order chi connectivity index (χ0) is 22.1. The lowest BCUT2D eigenvalue weighted by molar-refractivity contribution is -0.136. The SMILES string of the molecule is C=CCN(Cc1ccccc1F)C(=O)NCC(C(=O)N1CCOCC1)c1ccccc1. The largest absolute Gasteiger partial charge is 0.378 e. The number of amides is 3. The lowest BCUT2D eigenvalue weighted by Gasteiger charge is -2.31. The van der Waals surface area contributed by atoms with Gasteiger partial charge in [0.25, 0.3) is 0 Å². The summed E-state index contributed by atoms with van der Waals surface area (Å²) in [4.78, 5) is 29.3. The highest BCUT2D eigenvalue weighted by atomic mass is 19.1. The van der Waals surface area contributed by atoms with Crippen LogP contribution in [-0.2, 0) is 16.1 Å². The average molecular weight is 426 g/mol. The number of nitrogens with one attached hydrogen (secondary N) is 1. The molecule has 3 amide bonds. The molecule has 31 heavy (non-hydrogen) atoms. The van der Waals surface area contributed by atoms with E-state index in [1.807, 2.05) is 30.3 Å². The molecule has 1 aliphatic rings. The van der Waals surface area contributed by atoms with Crippen molar-refractivity contribution >= 4 is 11.9 Å². The van der Waals surface area contributed by atoms with E-state index in [4.69, 9.17) is 4.74 Å². The van der Waals surface area contributed by atoms with Gasteiger partial charge in [-0.25, -0.2) is 9.18 Å². The van der Waals surface area contributed by atoms with Crippen molar-refractivity contribution in [3.05, 3.63) is 84.2 Å². The van der Waals surface area contributed by atoms with Crippen LogP contribution >= 0.6 is 0 Å². The van der Waals surface area contributed by atoms with Gasteiger partial charge in [0.2, 0.25) is 5.91 Å². The lowest BCUT2D eigenvalue weighted by atomic mass is 9.97. The molecule has 0 bridgehead atoms. The van der Waals surface area contributed by atoms with Gasteiger partial charge in [-0.3, -0.25) is 4.79 Å². The van der Waals surface area contributed by atoms with E-state index >= 15 is 0 Å². The van der Waals surface area contributed by atoms with Crippen molar-refractivity contribution in [2.45, 2.75) is 12.5 Å². The fraction of sp³-hybridized carbons (Fsp3) is 0.333. The van der Waals surface area contributed by atoms with Crippen LogP contribution in [0.5, 0.6) is 0 Å². The molecular formula is C24H28FN3O3. The number of carbonyl (C=O) groups excluding carboxylic acids is 2. The summed E-state index contributed by atoms with van der Waals surface area (Å²) in [6.07, 6.45) is 1.59. The number of urea groups is 1. The third kappa shape index (κ3) is 6.15. The molecule has 1 atom stereocenters. The first-order chi connectivity index (χ1) is 15.1. The second-order valence-electron chi connectivity index (χ2n) is 7.35. The molecule has 2 aromatic carbocycles. The van der Waals surface area contributed by atoms with E-state index in [1.165, 1.54) is 11.0 Å². The maximum Gasteiger partial charge on any atom is 0.318 e. The van der Waals surface area contributed by atoms with Crippen molar-refractivity contribution in [3.63, 3.8) is 0 Å². The Balaban J connectivity index is 1.71. The van der Waals surface area contributed by atoms with Crippen LogP contribution in [0.25, 0.3) is 0 Å². The molecule has 164 valence electrons. The van der Waals surface area contributed by atoms with Crippen molar-refractivity contribution in [1.29, 1.82) is 0 Å². The lowest BCUT2D eigenvalue weighted by Crippen LogP contribution is -2.47. The predicted molar refractivity (Wildman–Crippen MR) is 117 cm³/mol. The first-order valence-electron chi connectivity index (χ1n) is 10.4. The van der Waals surface area contributed by atoms with Crippen LogP contribution in [0.2, 0.25) is 0 Å². The van der Waals surface area contributed by atoms with Gasteiger partial charge in [0.05, 0.1) is 25.7 Å². The molecule has 3 rings (SSSR count). The van der Waals surface area contributed by atoms with Crippen molar-refractivity contribution in [2.24, 2.45) is 0 Å². The van der Waals surface area contributed by atoms with E-state index < -0.39 is 5.92 Å². The third-order valence-corrected chi connectivity index (χ3v) is 5.24.